The molecule has 0 bridgehead atoms. The lowest BCUT2D eigenvalue weighted by Gasteiger charge is -2.31. The number of fused-ring (bicyclic) bond motifs is 1. The van der Waals surface area contributed by atoms with Crippen LogP contribution in [0.3, 0.4) is 0 Å². The van der Waals surface area contributed by atoms with Gasteiger partial charge in [0.2, 0.25) is 5.82 Å². The highest BCUT2D eigenvalue weighted by atomic mass is 19.4. The second-order valence-electron chi connectivity index (χ2n) is 7.43. The highest BCUT2D eigenvalue weighted by molar-refractivity contribution is 5.97. The summed E-state index contributed by atoms with van der Waals surface area (Å²) < 4.78 is 41.1. The zero-order valence-corrected chi connectivity index (χ0v) is 15.7. The monoisotopic (exact) mass is 397 g/mol. The van der Waals surface area contributed by atoms with Gasteiger partial charge in [0.15, 0.2) is 0 Å². The van der Waals surface area contributed by atoms with Crippen LogP contribution in [0.5, 0.6) is 0 Å². The lowest BCUT2D eigenvalue weighted by atomic mass is 9.93. The van der Waals surface area contributed by atoms with Gasteiger partial charge in [-0.1, -0.05) is 0 Å². The Kier molecular flexibility index (Phi) is 5.36. The molecule has 1 amide bonds. The third-order valence-corrected chi connectivity index (χ3v) is 5.07. The fourth-order valence-corrected chi connectivity index (χ4v) is 3.72. The van der Waals surface area contributed by atoms with Crippen molar-refractivity contribution in [3.63, 3.8) is 0 Å². The van der Waals surface area contributed by atoms with E-state index in [1.807, 2.05) is 0 Å². The van der Waals surface area contributed by atoms with Crippen LogP contribution < -0.4 is 0 Å². The molecule has 1 N–H and O–H groups in total. The predicted molar refractivity (Wildman–Crippen MR) is 96.0 cm³/mol. The minimum Gasteiger partial charge on any atom is -0.481 e. The van der Waals surface area contributed by atoms with E-state index < -0.39 is 24.0 Å². The Morgan fingerprint density at radius 1 is 1.25 bits per heavy atom. The van der Waals surface area contributed by atoms with E-state index in [9.17, 15) is 22.8 Å². The zero-order valence-electron chi connectivity index (χ0n) is 15.7. The first kappa shape index (κ1) is 20.2. The molecule has 152 valence electrons. The largest absolute Gasteiger partial charge is 0.481 e. The number of halogens is 3. The number of carbonyl (C=O) groups is 2. The SMILES string of the molecule is CC(C)n1c(C(F)(F)F)nc2cc(C(=O)N3CCC(CC(=O)O)CC3)ccc21. The van der Waals surface area contributed by atoms with Crippen molar-refractivity contribution in [2.24, 2.45) is 5.92 Å². The van der Waals surface area contributed by atoms with Gasteiger partial charge < -0.3 is 14.6 Å². The van der Waals surface area contributed by atoms with Gasteiger partial charge in [-0.2, -0.15) is 13.2 Å². The maximum absolute atomic E-state index is 13.3. The number of carboxylic acids is 1. The number of imidazole rings is 1. The maximum atomic E-state index is 13.3. The van der Waals surface area contributed by atoms with Crippen molar-refractivity contribution in [3.8, 4) is 0 Å². The fraction of sp³-hybridized carbons (Fsp3) is 0.526. The van der Waals surface area contributed by atoms with Gasteiger partial charge in [-0.05, 0) is 50.8 Å². The number of alkyl halides is 3. The maximum Gasteiger partial charge on any atom is 0.449 e. The van der Waals surface area contributed by atoms with E-state index in [1.54, 1.807) is 18.7 Å². The van der Waals surface area contributed by atoms with E-state index in [4.69, 9.17) is 5.11 Å². The zero-order chi connectivity index (χ0) is 20.6. The number of hydrogen-bond donors (Lipinski definition) is 1. The molecule has 1 saturated heterocycles. The summed E-state index contributed by atoms with van der Waals surface area (Å²) in [4.78, 5) is 28.9. The van der Waals surface area contributed by atoms with Crippen molar-refractivity contribution in [1.29, 1.82) is 0 Å². The second-order valence-corrected chi connectivity index (χ2v) is 7.43. The van der Waals surface area contributed by atoms with Crippen molar-refractivity contribution < 1.29 is 27.9 Å². The molecule has 1 aliphatic rings. The van der Waals surface area contributed by atoms with E-state index in [1.165, 1.54) is 18.2 Å². The van der Waals surface area contributed by atoms with Gasteiger partial charge in [-0.3, -0.25) is 9.59 Å². The van der Waals surface area contributed by atoms with Gasteiger partial charge in [0.25, 0.3) is 5.91 Å². The predicted octanol–water partition coefficient (Wildman–Crippen LogP) is 3.96. The highest BCUT2D eigenvalue weighted by Crippen LogP contribution is 2.34. The molecular formula is C19H22F3N3O3. The molecule has 0 spiro atoms. The summed E-state index contributed by atoms with van der Waals surface area (Å²) in [6.07, 6.45) is -3.30. The molecule has 28 heavy (non-hydrogen) atoms. The Bertz CT molecular complexity index is 897. The van der Waals surface area contributed by atoms with Crippen molar-refractivity contribution in [2.75, 3.05) is 13.1 Å². The van der Waals surface area contributed by atoms with E-state index in [0.29, 0.717) is 31.4 Å². The lowest BCUT2D eigenvalue weighted by Crippen LogP contribution is -2.38. The molecule has 1 aromatic carbocycles. The summed E-state index contributed by atoms with van der Waals surface area (Å²) in [5, 5.41) is 8.87. The van der Waals surface area contributed by atoms with E-state index in [-0.39, 0.29) is 29.3 Å². The fourth-order valence-electron chi connectivity index (χ4n) is 3.72. The first-order chi connectivity index (χ1) is 13.1. The third kappa shape index (κ3) is 3.98. The van der Waals surface area contributed by atoms with Gasteiger partial charge in [0, 0.05) is 31.1 Å². The molecule has 3 rings (SSSR count). The number of benzene rings is 1. The second kappa shape index (κ2) is 7.44. The number of piperidine rings is 1. The molecule has 0 aliphatic carbocycles. The molecule has 2 heterocycles. The Balaban J connectivity index is 1.85. The number of hydrogen-bond acceptors (Lipinski definition) is 3. The Labute approximate surface area is 159 Å². The van der Waals surface area contributed by atoms with Crippen LogP contribution >= 0.6 is 0 Å². The Morgan fingerprint density at radius 2 is 1.89 bits per heavy atom. The number of aromatic nitrogens is 2. The van der Waals surface area contributed by atoms with Gasteiger partial charge in [0.1, 0.15) is 0 Å². The molecular weight excluding hydrogens is 375 g/mol. The smallest absolute Gasteiger partial charge is 0.449 e. The van der Waals surface area contributed by atoms with Crippen LogP contribution in [-0.4, -0.2) is 44.5 Å². The van der Waals surface area contributed by atoms with Gasteiger partial charge >= 0.3 is 12.1 Å². The van der Waals surface area contributed by atoms with Crippen LogP contribution in [0.2, 0.25) is 0 Å². The molecule has 1 aliphatic heterocycles. The third-order valence-electron chi connectivity index (χ3n) is 5.07. The van der Waals surface area contributed by atoms with Crippen molar-refractivity contribution in [3.05, 3.63) is 29.6 Å². The highest BCUT2D eigenvalue weighted by Gasteiger charge is 2.38. The van der Waals surface area contributed by atoms with Crippen molar-refractivity contribution in [1.82, 2.24) is 14.5 Å². The number of rotatable bonds is 4. The molecule has 0 unspecified atom stereocenters. The topological polar surface area (TPSA) is 75.4 Å². The number of likely N-dealkylation sites (tertiary alicyclic amines) is 1. The summed E-state index contributed by atoms with van der Waals surface area (Å²) in [6.45, 7) is 4.17. The van der Waals surface area contributed by atoms with Crippen molar-refractivity contribution in [2.45, 2.75) is 45.3 Å². The van der Waals surface area contributed by atoms with Crippen LogP contribution in [-0.2, 0) is 11.0 Å². The van der Waals surface area contributed by atoms with Crippen LogP contribution in [0.15, 0.2) is 18.2 Å². The number of carboxylic acid groups (broad SMARTS) is 1. The van der Waals surface area contributed by atoms with Gasteiger partial charge in [0.05, 0.1) is 11.0 Å². The summed E-state index contributed by atoms with van der Waals surface area (Å²) in [5.74, 6) is -2.06. The minimum atomic E-state index is -4.58. The molecule has 1 aromatic heterocycles. The number of amides is 1. The van der Waals surface area contributed by atoms with Gasteiger partial charge in [-0.25, -0.2) is 4.98 Å². The molecule has 1 fully saturated rings. The molecule has 0 atom stereocenters. The van der Waals surface area contributed by atoms with E-state index in [0.717, 1.165) is 4.57 Å². The first-order valence-corrected chi connectivity index (χ1v) is 9.18. The molecule has 0 saturated carbocycles. The molecule has 6 nitrogen and oxygen atoms in total. The van der Waals surface area contributed by atoms with Crippen LogP contribution in [0.4, 0.5) is 13.2 Å². The van der Waals surface area contributed by atoms with Crippen LogP contribution in [0.1, 0.15) is 55.3 Å². The summed E-state index contributed by atoms with van der Waals surface area (Å²) in [6, 6.07) is 3.99. The summed E-state index contributed by atoms with van der Waals surface area (Å²) >= 11 is 0. The summed E-state index contributed by atoms with van der Waals surface area (Å²) in [7, 11) is 0. The normalized spacial score (nSPS) is 16.1. The van der Waals surface area contributed by atoms with Crippen LogP contribution in [0.25, 0.3) is 11.0 Å². The minimum absolute atomic E-state index is 0.0418. The van der Waals surface area contributed by atoms with E-state index in [2.05, 4.69) is 4.98 Å². The van der Waals surface area contributed by atoms with E-state index >= 15 is 0 Å². The molecule has 0 radical (unpaired) electrons. The Hall–Kier alpha value is -2.58. The van der Waals surface area contributed by atoms with Crippen LogP contribution in [0, 0.1) is 5.92 Å². The first-order valence-electron chi connectivity index (χ1n) is 9.18. The number of carbonyl (C=O) groups excluding carboxylic acids is 1. The number of nitrogens with zero attached hydrogens (tertiary/aromatic N) is 3. The quantitative estimate of drug-likeness (QED) is 0.847. The summed E-state index contributed by atoms with van der Waals surface area (Å²) in [5.41, 5.74) is 0.748. The molecule has 2 aromatic rings. The van der Waals surface area contributed by atoms with Crippen molar-refractivity contribution >= 4 is 22.9 Å². The average molecular weight is 397 g/mol. The lowest BCUT2D eigenvalue weighted by molar-refractivity contribution is -0.147. The standard InChI is InChI=1S/C19H22F3N3O3/c1-11(2)25-15-4-3-13(10-14(15)23-18(25)19(20,21)22)17(28)24-7-5-12(6-8-24)9-16(26)27/h3-4,10-12H,5-9H2,1-2H3,(H,26,27). The Morgan fingerprint density at radius 3 is 2.43 bits per heavy atom. The molecule has 9 heteroatoms. The van der Waals surface area contributed by atoms with Gasteiger partial charge in [-0.15, -0.1) is 0 Å². The number of aliphatic carboxylic acids is 1. The average Bonchev–Trinajstić information content (AvgIpc) is 3.00.